The molecule has 2 aromatic carbocycles. The van der Waals surface area contributed by atoms with Gasteiger partial charge in [0, 0.05) is 23.7 Å². The molecule has 2 heterocycles. The number of carbonyl (C=O) groups excluding carboxylic acids is 2. The highest BCUT2D eigenvalue weighted by Crippen LogP contribution is 2.34. The first-order valence-corrected chi connectivity index (χ1v) is 9.81. The van der Waals surface area contributed by atoms with E-state index in [9.17, 15) is 14.0 Å². The van der Waals surface area contributed by atoms with Gasteiger partial charge in [0.2, 0.25) is 0 Å². The van der Waals surface area contributed by atoms with Crippen LogP contribution in [-0.4, -0.2) is 35.0 Å². The number of para-hydroxylation sites is 1. The third kappa shape index (κ3) is 3.86. The molecule has 3 atom stereocenters. The zero-order chi connectivity index (χ0) is 19.5. The normalized spacial score (nSPS) is 23.8. The molecule has 4 rings (SSSR count). The van der Waals surface area contributed by atoms with Gasteiger partial charge in [-0.15, -0.1) is 0 Å². The topological polar surface area (TPSA) is 61.4 Å². The summed E-state index contributed by atoms with van der Waals surface area (Å²) in [4.78, 5) is 27.2. The average molecular weight is 381 g/mol. The Kier molecular flexibility index (Phi) is 5.28. The van der Waals surface area contributed by atoms with Crippen molar-refractivity contribution in [1.82, 2.24) is 10.2 Å². The number of anilines is 1. The van der Waals surface area contributed by atoms with Crippen molar-refractivity contribution >= 4 is 17.6 Å². The van der Waals surface area contributed by atoms with E-state index in [1.165, 1.54) is 6.07 Å². The zero-order valence-corrected chi connectivity index (χ0v) is 15.6. The molecule has 2 aromatic rings. The molecular weight excluding hydrogens is 357 g/mol. The van der Waals surface area contributed by atoms with Crippen molar-refractivity contribution < 1.29 is 14.0 Å². The van der Waals surface area contributed by atoms with E-state index in [4.69, 9.17) is 0 Å². The van der Waals surface area contributed by atoms with Gasteiger partial charge in [0.1, 0.15) is 5.82 Å². The monoisotopic (exact) mass is 381 g/mol. The largest absolute Gasteiger partial charge is 0.349 e. The highest BCUT2D eigenvalue weighted by molar-refractivity contribution is 5.94. The summed E-state index contributed by atoms with van der Waals surface area (Å²) in [6.07, 6.45) is 4.31. The molecule has 0 aromatic heterocycles. The number of benzene rings is 2. The highest BCUT2D eigenvalue weighted by Gasteiger charge is 2.41. The lowest BCUT2D eigenvalue weighted by molar-refractivity contribution is 0.0576. The smallest absolute Gasteiger partial charge is 0.322 e. The van der Waals surface area contributed by atoms with Crippen molar-refractivity contribution in [2.24, 2.45) is 0 Å². The number of urea groups is 1. The molecule has 2 N–H and O–H groups in total. The summed E-state index contributed by atoms with van der Waals surface area (Å²) in [5.74, 6) is -0.515. The van der Waals surface area contributed by atoms with Crippen molar-refractivity contribution in [3.05, 3.63) is 66.0 Å². The van der Waals surface area contributed by atoms with Crippen LogP contribution in [0.4, 0.5) is 14.9 Å². The Morgan fingerprint density at radius 1 is 0.929 bits per heavy atom. The Morgan fingerprint density at radius 2 is 1.57 bits per heavy atom. The van der Waals surface area contributed by atoms with E-state index in [0.717, 1.165) is 32.1 Å². The molecule has 28 heavy (non-hydrogen) atoms. The first-order chi connectivity index (χ1) is 13.6. The quantitative estimate of drug-likeness (QED) is 0.838. The van der Waals surface area contributed by atoms with E-state index in [0.29, 0.717) is 5.56 Å². The number of hydrogen-bond acceptors (Lipinski definition) is 2. The van der Waals surface area contributed by atoms with Gasteiger partial charge in [-0.3, -0.25) is 4.79 Å². The third-order valence-corrected chi connectivity index (χ3v) is 5.70. The van der Waals surface area contributed by atoms with Crippen molar-refractivity contribution in [2.45, 2.75) is 50.2 Å². The maximum Gasteiger partial charge on any atom is 0.322 e. The van der Waals surface area contributed by atoms with E-state index in [1.807, 2.05) is 23.1 Å². The average Bonchev–Trinajstić information content (AvgIpc) is 2.69. The van der Waals surface area contributed by atoms with Crippen LogP contribution in [0.3, 0.4) is 0 Å². The molecule has 0 aliphatic carbocycles. The third-order valence-electron chi connectivity index (χ3n) is 5.70. The lowest BCUT2D eigenvalue weighted by Gasteiger charge is -2.48. The van der Waals surface area contributed by atoms with Crippen LogP contribution in [0.2, 0.25) is 0 Å². The Morgan fingerprint density at radius 3 is 2.25 bits per heavy atom. The van der Waals surface area contributed by atoms with Gasteiger partial charge >= 0.3 is 6.03 Å². The van der Waals surface area contributed by atoms with Gasteiger partial charge in [0.05, 0.1) is 5.69 Å². The molecule has 146 valence electrons. The van der Waals surface area contributed by atoms with E-state index in [1.54, 1.807) is 30.3 Å². The number of piperidine rings is 2. The Balaban J connectivity index is 1.43. The summed E-state index contributed by atoms with van der Waals surface area (Å²) in [5.41, 5.74) is 0.845. The van der Waals surface area contributed by atoms with Gasteiger partial charge in [-0.1, -0.05) is 30.3 Å². The Bertz CT molecular complexity index is 844. The van der Waals surface area contributed by atoms with Crippen molar-refractivity contribution in [2.75, 3.05) is 5.32 Å². The van der Waals surface area contributed by atoms with Crippen LogP contribution >= 0.6 is 0 Å². The molecule has 5 nitrogen and oxygen atoms in total. The molecule has 2 fully saturated rings. The van der Waals surface area contributed by atoms with Crippen molar-refractivity contribution in [1.29, 1.82) is 0 Å². The molecule has 1 unspecified atom stereocenters. The number of amides is 3. The molecule has 2 bridgehead atoms. The minimum absolute atomic E-state index is 0.0421. The number of rotatable bonds is 3. The molecule has 2 aliphatic rings. The molecule has 0 radical (unpaired) electrons. The highest BCUT2D eigenvalue weighted by atomic mass is 19.1. The van der Waals surface area contributed by atoms with Gasteiger partial charge in [0.25, 0.3) is 5.91 Å². The number of nitrogens with one attached hydrogen (secondary N) is 2. The summed E-state index contributed by atoms with van der Waals surface area (Å²) < 4.78 is 13.9. The molecule has 2 saturated heterocycles. The number of hydrogen-bond donors (Lipinski definition) is 2. The van der Waals surface area contributed by atoms with E-state index < -0.39 is 5.82 Å². The van der Waals surface area contributed by atoms with Crippen molar-refractivity contribution in [3.63, 3.8) is 0 Å². The molecule has 3 amide bonds. The number of carbonyl (C=O) groups is 2. The van der Waals surface area contributed by atoms with E-state index in [2.05, 4.69) is 10.6 Å². The van der Waals surface area contributed by atoms with Crippen LogP contribution in [0, 0.1) is 5.82 Å². The standard InChI is InChI=1S/C22H24FN3O2/c23-19-11-4-5-12-20(19)25-22(28)26-17-9-6-10-18(26)14-16(13-17)24-21(27)15-7-2-1-3-8-15/h1-5,7-8,11-12,16-18H,6,9-10,13-14H2,(H,24,27)(H,25,28)/t16?,17-,18+. The maximum atomic E-state index is 13.9. The Hall–Kier alpha value is -2.89. The number of halogens is 1. The summed E-state index contributed by atoms with van der Waals surface area (Å²) in [6.45, 7) is 0. The maximum absolute atomic E-state index is 13.9. The summed E-state index contributed by atoms with van der Waals surface area (Å²) in [7, 11) is 0. The predicted octanol–water partition coefficient (Wildman–Crippen LogP) is 4.17. The molecular formula is C22H24FN3O2. The first kappa shape index (κ1) is 18.5. The molecule has 0 spiro atoms. The van der Waals surface area contributed by atoms with Gasteiger partial charge in [0.15, 0.2) is 0 Å². The summed E-state index contributed by atoms with van der Waals surface area (Å²) >= 11 is 0. The Labute approximate surface area is 163 Å². The second kappa shape index (κ2) is 8.00. The summed E-state index contributed by atoms with van der Waals surface area (Å²) in [6, 6.07) is 15.3. The molecule has 0 saturated carbocycles. The van der Waals surface area contributed by atoms with Crippen LogP contribution in [0.25, 0.3) is 0 Å². The van der Waals surface area contributed by atoms with E-state index in [-0.39, 0.29) is 35.8 Å². The van der Waals surface area contributed by atoms with Crippen LogP contribution in [0.1, 0.15) is 42.5 Å². The van der Waals surface area contributed by atoms with Gasteiger partial charge in [-0.2, -0.15) is 0 Å². The minimum Gasteiger partial charge on any atom is -0.349 e. The fourth-order valence-electron chi connectivity index (χ4n) is 4.43. The lowest BCUT2D eigenvalue weighted by atomic mass is 9.82. The predicted molar refractivity (Wildman–Crippen MR) is 106 cm³/mol. The zero-order valence-electron chi connectivity index (χ0n) is 15.6. The molecule has 2 aliphatic heterocycles. The first-order valence-electron chi connectivity index (χ1n) is 9.81. The van der Waals surface area contributed by atoms with E-state index >= 15 is 0 Å². The number of fused-ring (bicyclic) bond motifs is 2. The fraction of sp³-hybridized carbons (Fsp3) is 0.364. The lowest BCUT2D eigenvalue weighted by Crippen LogP contribution is -2.59. The molecule has 6 heteroatoms. The van der Waals surface area contributed by atoms with Crippen molar-refractivity contribution in [3.8, 4) is 0 Å². The second-order valence-electron chi connectivity index (χ2n) is 7.56. The second-order valence-corrected chi connectivity index (χ2v) is 7.56. The van der Waals surface area contributed by atoms with Crippen LogP contribution in [0.5, 0.6) is 0 Å². The SMILES string of the molecule is O=C(NC1C[C@H]2CCC[C@@H](C1)N2C(=O)Nc1ccccc1F)c1ccccc1. The summed E-state index contributed by atoms with van der Waals surface area (Å²) in [5, 5.41) is 5.84. The van der Waals surface area contributed by atoms with Gasteiger partial charge in [-0.25, -0.2) is 9.18 Å². The van der Waals surface area contributed by atoms with Gasteiger partial charge in [-0.05, 0) is 56.4 Å². The minimum atomic E-state index is -0.439. The van der Waals surface area contributed by atoms with Crippen LogP contribution in [0.15, 0.2) is 54.6 Å². The van der Waals surface area contributed by atoms with Crippen LogP contribution < -0.4 is 10.6 Å². The fourth-order valence-corrected chi connectivity index (χ4v) is 4.43. The van der Waals surface area contributed by atoms with Gasteiger partial charge < -0.3 is 15.5 Å². The van der Waals surface area contributed by atoms with Crippen LogP contribution in [-0.2, 0) is 0 Å². The number of nitrogens with zero attached hydrogens (tertiary/aromatic N) is 1.